The van der Waals surface area contributed by atoms with Crippen LogP contribution < -0.4 is 0 Å². The smallest absolute Gasteiger partial charge is 0.258 e. The molecule has 70 valence electrons. The summed E-state index contributed by atoms with van der Waals surface area (Å²) in [4.78, 5) is 9.87. The molecule has 0 aliphatic rings. The Kier molecular flexibility index (Phi) is 2.97. The standard InChI is InChI=1S/C10H8N2O2/c1-8(7-11)6-9-2-4-10(5-3-9)12(13)14/h2-6H,1H3. The Labute approximate surface area is 81.2 Å². The molecule has 0 saturated heterocycles. The van der Waals surface area contributed by atoms with Crippen LogP contribution in [0.1, 0.15) is 12.5 Å². The summed E-state index contributed by atoms with van der Waals surface area (Å²) >= 11 is 0. The molecule has 0 bridgehead atoms. The first-order valence-electron chi connectivity index (χ1n) is 3.96. The molecular formula is C10H8N2O2. The van der Waals surface area contributed by atoms with Crippen molar-refractivity contribution in [2.24, 2.45) is 0 Å². The number of hydrogen-bond acceptors (Lipinski definition) is 3. The maximum atomic E-state index is 10.3. The molecule has 0 N–H and O–H groups in total. The van der Waals surface area contributed by atoms with E-state index in [0.29, 0.717) is 5.57 Å². The van der Waals surface area contributed by atoms with Gasteiger partial charge in [0, 0.05) is 17.7 Å². The van der Waals surface area contributed by atoms with Gasteiger partial charge in [0.05, 0.1) is 11.0 Å². The average molecular weight is 188 g/mol. The van der Waals surface area contributed by atoms with Crippen molar-refractivity contribution in [3.8, 4) is 6.07 Å². The van der Waals surface area contributed by atoms with Crippen LogP contribution >= 0.6 is 0 Å². The molecule has 0 atom stereocenters. The highest BCUT2D eigenvalue weighted by atomic mass is 16.6. The van der Waals surface area contributed by atoms with Gasteiger partial charge in [-0.25, -0.2) is 0 Å². The number of allylic oxidation sites excluding steroid dienone is 1. The maximum Gasteiger partial charge on any atom is 0.269 e. The Morgan fingerprint density at radius 3 is 2.50 bits per heavy atom. The molecule has 4 heteroatoms. The van der Waals surface area contributed by atoms with Crippen LogP contribution in [0, 0.1) is 21.4 Å². The number of rotatable bonds is 2. The first-order valence-corrected chi connectivity index (χ1v) is 3.96. The molecule has 0 radical (unpaired) electrons. The summed E-state index contributed by atoms with van der Waals surface area (Å²) in [5.74, 6) is 0. The minimum atomic E-state index is -0.454. The number of non-ortho nitro benzene ring substituents is 1. The summed E-state index contributed by atoms with van der Waals surface area (Å²) in [6.07, 6.45) is 1.67. The molecule has 0 aliphatic carbocycles. The van der Waals surface area contributed by atoms with E-state index in [9.17, 15) is 10.1 Å². The van der Waals surface area contributed by atoms with Crippen LogP contribution in [0.5, 0.6) is 0 Å². The molecule has 1 aromatic carbocycles. The molecule has 0 unspecified atom stereocenters. The lowest BCUT2D eigenvalue weighted by atomic mass is 10.1. The third kappa shape index (κ3) is 2.42. The zero-order valence-corrected chi connectivity index (χ0v) is 7.60. The van der Waals surface area contributed by atoms with E-state index < -0.39 is 4.92 Å². The van der Waals surface area contributed by atoms with E-state index in [4.69, 9.17) is 5.26 Å². The van der Waals surface area contributed by atoms with E-state index in [-0.39, 0.29) is 5.69 Å². The van der Waals surface area contributed by atoms with Gasteiger partial charge < -0.3 is 0 Å². The third-order valence-electron chi connectivity index (χ3n) is 1.66. The quantitative estimate of drug-likeness (QED) is 0.407. The largest absolute Gasteiger partial charge is 0.269 e. The highest BCUT2D eigenvalue weighted by Crippen LogP contribution is 2.13. The van der Waals surface area contributed by atoms with Gasteiger partial charge in [-0.15, -0.1) is 0 Å². The van der Waals surface area contributed by atoms with Gasteiger partial charge in [-0.2, -0.15) is 5.26 Å². The Morgan fingerprint density at radius 2 is 2.07 bits per heavy atom. The van der Waals surface area contributed by atoms with E-state index in [1.807, 2.05) is 6.07 Å². The van der Waals surface area contributed by atoms with Crippen molar-refractivity contribution < 1.29 is 4.92 Å². The third-order valence-corrected chi connectivity index (χ3v) is 1.66. The molecule has 0 heterocycles. The fraction of sp³-hybridized carbons (Fsp3) is 0.100. The highest BCUT2D eigenvalue weighted by molar-refractivity contribution is 5.57. The fourth-order valence-electron chi connectivity index (χ4n) is 0.975. The zero-order valence-electron chi connectivity index (χ0n) is 7.60. The van der Waals surface area contributed by atoms with Crippen LogP contribution in [-0.2, 0) is 0 Å². The van der Waals surface area contributed by atoms with Crippen molar-refractivity contribution in [2.75, 3.05) is 0 Å². The predicted molar refractivity (Wildman–Crippen MR) is 52.4 cm³/mol. The monoisotopic (exact) mass is 188 g/mol. The molecule has 0 aromatic heterocycles. The van der Waals surface area contributed by atoms with E-state index in [1.54, 1.807) is 25.1 Å². The number of nitriles is 1. The van der Waals surface area contributed by atoms with Crippen molar-refractivity contribution in [2.45, 2.75) is 6.92 Å². The molecule has 0 saturated carbocycles. The van der Waals surface area contributed by atoms with Crippen LogP contribution in [0.2, 0.25) is 0 Å². The van der Waals surface area contributed by atoms with Gasteiger partial charge in [0.15, 0.2) is 0 Å². The number of hydrogen-bond donors (Lipinski definition) is 0. The Hall–Kier alpha value is -2.15. The topological polar surface area (TPSA) is 66.9 Å². The molecule has 1 rings (SSSR count). The van der Waals surface area contributed by atoms with E-state index in [1.165, 1.54) is 12.1 Å². The number of nitro benzene ring substituents is 1. The van der Waals surface area contributed by atoms with Gasteiger partial charge in [-0.3, -0.25) is 10.1 Å². The minimum absolute atomic E-state index is 0.0526. The van der Waals surface area contributed by atoms with Crippen LogP contribution in [-0.4, -0.2) is 4.92 Å². The molecule has 0 amide bonds. The lowest BCUT2D eigenvalue weighted by molar-refractivity contribution is -0.384. The summed E-state index contributed by atoms with van der Waals surface area (Å²) in [6.45, 7) is 1.68. The van der Waals surface area contributed by atoms with Crippen LogP contribution in [0.15, 0.2) is 29.8 Å². The zero-order chi connectivity index (χ0) is 10.6. The molecule has 1 aromatic rings. The second kappa shape index (κ2) is 4.19. The number of nitrogens with zero attached hydrogens (tertiary/aromatic N) is 2. The Bertz CT molecular complexity index is 413. The number of benzene rings is 1. The van der Waals surface area contributed by atoms with E-state index in [2.05, 4.69) is 0 Å². The molecular weight excluding hydrogens is 180 g/mol. The van der Waals surface area contributed by atoms with Gasteiger partial charge in [0.2, 0.25) is 0 Å². The van der Waals surface area contributed by atoms with Crippen LogP contribution in [0.4, 0.5) is 5.69 Å². The molecule has 4 nitrogen and oxygen atoms in total. The minimum Gasteiger partial charge on any atom is -0.258 e. The molecule has 0 spiro atoms. The Morgan fingerprint density at radius 1 is 1.50 bits per heavy atom. The van der Waals surface area contributed by atoms with E-state index in [0.717, 1.165) is 5.56 Å². The van der Waals surface area contributed by atoms with E-state index >= 15 is 0 Å². The van der Waals surface area contributed by atoms with Gasteiger partial charge in [-0.05, 0) is 30.7 Å². The molecule has 14 heavy (non-hydrogen) atoms. The van der Waals surface area contributed by atoms with Crippen molar-refractivity contribution >= 4 is 11.8 Å². The summed E-state index contributed by atoms with van der Waals surface area (Å²) < 4.78 is 0. The summed E-state index contributed by atoms with van der Waals surface area (Å²) in [6, 6.07) is 8.02. The lowest BCUT2D eigenvalue weighted by Crippen LogP contribution is -1.86. The fourth-order valence-corrected chi connectivity index (χ4v) is 0.975. The maximum absolute atomic E-state index is 10.3. The average Bonchev–Trinajstić information content (AvgIpc) is 2.18. The second-order valence-corrected chi connectivity index (χ2v) is 2.79. The second-order valence-electron chi connectivity index (χ2n) is 2.79. The molecule has 0 fully saturated rings. The van der Waals surface area contributed by atoms with Crippen molar-refractivity contribution in [1.29, 1.82) is 5.26 Å². The SMILES string of the molecule is CC(C#N)=Cc1ccc([N+](=O)[O-])cc1. The van der Waals surface area contributed by atoms with Gasteiger partial charge in [-0.1, -0.05) is 0 Å². The van der Waals surface area contributed by atoms with Crippen molar-refractivity contribution in [3.63, 3.8) is 0 Å². The first kappa shape index (κ1) is 9.93. The summed E-state index contributed by atoms with van der Waals surface area (Å²) in [7, 11) is 0. The van der Waals surface area contributed by atoms with Crippen molar-refractivity contribution in [3.05, 3.63) is 45.5 Å². The van der Waals surface area contributed by atoms with Crippen molar-refractivity contribution in [1.82, 2.24) is 0 Å². The predicted octanol–water partition coefficient (Wildman–Crippen LogP) is 2.52. The first-order chi connectivity index (χ1) is 6.63. The summed E-state index contributed by atoms with van der Waals surface area (Å²) in [5.41, 5.74) is 1.41. The van der Waals surface area contributed by atoms with Crippen LogP contribution in [0.3, 0.4) is 0 Å². The number of nitro groups is 1. The van der Waals surface area contributed by atoms with Gasteiger partial charge in [0.1, 0.15) is 0 Å². The lowest BCUT2D eigenvalue weighted by Gasteiger charge is -1.93. The highest BCUT2D eigenvalue weighted by Gasteiger charge is 2.02. The summed E-state index contributed by atoms with van der Waals surface area (Å²) in [5, 5.41) is 18.8. The van der Waals surface area contributed by atoms with Crippen LogP contribution in [0.25, 0.3) is 6.08 Å². The molecule has 0 aliphatic heterocycles. The van der Waals surface area contributed by atoms with Gasteiger partial charge in [0.25, 0.3) is 5.69 Å². The van der Waals surface area contributed by atoms with Gasteiger partial charge >= 0.3 is 0 Å². The Balaban J connectivity index is 2.96. The normalized spacial score (nSPS) is 10.7.